The van der Waals surface area contributed by atoms with Gasteiger partial charge in [-0.15, -0.1) is 0 Å². The number of nitrogens with zero attached hydrogens (tertiary/aromatic N) is 2. The van der Waals surface area contributed by atoms with Crippen LogP contribution in [0.1, 0.15) is 57.1 Å². The van der Waals surface area contributed by atoms with Crippen molar-refractivity contribution in [2.75, 3.05) is 24.6 Å². The number of rotatable bonds is 9. The number of aryl methyl sites for hydroxylation is 1. The number of fused-ring (bicyclic) bond motifs is 1. The molecule has 2 amide bonds. The average Bonchev–Trinajstić information content (AvgIpc) is 3.06. The van der Waals surface area contributed by atoms with Crippen LogP contribution in [0.4, 0.5) is 5.69 Å². The van der Waals surface area contributed by atoms with Gasteiger partial charge < -0.3 is 9.64 Å². The second-order valence-electron chi connectivity index (χ2n) is 8.39. The molecule has 0 aliphatic carbocycles. The van der Waals surface area contributed by atoms with Gasteiger partial charge in [-0.25, -0.2) is 0 Å². The Balaban J connectivity index is 1.74. The second-order valence-corrected chi connectivity index (χ2v) is 8.39. The Bertz CT molecular complexity index is 1010. The van der Waals surface area contributed by atoms with Gasteiger partial charge in [0, 0.05) is 18.8 Å². The van der Waals surface area contributed by atoms with Crippen molar-refractivity contribution in [1.82, 2.24) is 4.90 Å². The number of hydrogen-bond acceptors (Lipinski definition) is 4. The van der Waals surface area contributed by atoms with E-state index >= 15 is 0 Å². The van der Waals surface area contributed by atoms with Crippen molar-refractivity contribution in [3.8, 4) is 5.75 Å². The predicted molar refractivity (Wildman–Crippen MR) is 128 cm³/mol. The maximum atomic E-state index is 13.6. The molecular weight excluding hydrogens is 400 g/mol. The highest BCUT2D eigenvalue weighted by Gasteiger charge is 2.42. The summed E-state index contributed by atoms with van der Waals surface area (Å²) in [6.45, 7) is 5.88. The first-order valence-corrected chi connectivity index (χ1v) is 11.8. The van der Waals surface area contributed by atoms with Crippen molar-refractivity contribution in [3.05, 3.63) is 65.4 Å². The monoisotopic (exact) mass is 432 g/mol. The van der Waals surface area contributed by atoms with Gasteiger partial charge in [0.2, 0.25) is 0 Å². The summed E-state index contributed by atoms with van der Waals surface area (Å²) in [4.78, 5) is 30.7. The van der Waals surface area contributed by atoms with E-state index in [0.717, 1.165) is 62.1 Å². The van der Waals surface area contributed by atoms with Crippen LogP contribution in [-0.2, 0) is 16.0 Å². The molecule has 0 N–H and O–H groups in total. The van der Waals surface area contributed by atoms with Crippen LogP contribution in [0.2, 0.25) is 0 Å². The normalized spacial score (nSPS) is 16.1. The van der Waals surface area contributed by atoms with Gasteiger partial charge in [-0.05, 0) is 55.5 Å². The first-order chi connectivity index (χ1) is 15.7. The molecule has 0 fully saturated rings. The molecule has 5 heteroatoms. The quantitative estimate of drug-likeness (QED) is 0.404. The zero-order valence-corrected chi connectivity index (χ0v) is 19.1. The van der Waals surface area contributed by atoms with E-state index in [1.165, 1.54) is 10.5 Å². The predicted octanol–water partition coefficient (Wildman–Crippen LogP) is 5.20. The molecule has 2 aromatic rings. The number of hydrogen-bond donors (Lipinski definition) is 0. The fraction of sp³-hybridized carbons (Fsp3) is 0.407. The summed E-state index contributed by atoms with van der Waals surface area (Å²) in [7, 11) is 0. The molecule has 5 nitrogen and oxygen atoms in total. The van der Waals surface area contributed by atoms with E-state index < -0.39 is 0 Å². The fourth-order valence-electron chi connectivity index (χ4n) is 4.62. The number of imide groups is 1. The minimum Gasteiger partial charge on any atom is -0.494 e. The van der Waals surface area contributed by atoms with Gasteiger partial charge in [-0.1, -0.05) is 56.5 Å². The lowest BCUT2D eigenvalue weighted by Gasteiger charge is -2.32. The standard InChI is InChI=1S/C27H32N2O3/c1-3-5-6-9-18-29-26(30)24(21-14-16-22(17-15-21)32-4-2)25(27(29)31)28-19-10-12-20-11-7-8-13-23(20)28/h7-8,11,13-17H,3-6,9-10,12,18-19H2,1-2H3. The maximum absolute atomic E-state index is 13.6. The summed E-state index contributed by atoms with van der Waals surface area (Å²) < 4.78 is 5.57. The Hall–Kier alpha value is -3.08. The Labute approximate surface area is 190 Å². The van der Waals surface area contributed by atoms with E-state index in [4.69, 9.17) is 4.74 Å². The molecule has 0 spiro atoms. The van der Waals surface area contributed by atoms with Gasteiger partial charge in [-0.3, -0.25) is 14.5 Å². The number of ether oxygens (including phenoxy) is 1. The molecule has 0 atom stereocenters. The third-order valence-electron chi connectivity index (χ3n) is 6.21. The van der Waals surface area contributed by atoms with Crippen LogP contribution in [0.5, 0.6) is 5.75 Å². The van der Waals surface area contributed by atoms with Gasteiger partial charge in [-0.2, -0.15) is 0 Å². The highest BCUT2D eigenvalue weighted by molar-refractivity contribution is 6.36. The molecule has 2 aliphatic heterocycles. The molecule has 2 aromatic carbocycles. The number of benzene rings is 2. The summed E-state index contributed by atoms with van der Waals surface area (Å²) in [5.74, 6) is 0.399. The number of unbranched alkanes of at least 4 members (excludes halogenated alkanes) is 3. The lowest BCUT2D eigenvalue weighted by atomic mass is 9.98. The van der Waals surface area contributed by atoms with Crippen molar-refractivity contribution in [2.45, 2.75) is 52.4 Å². The van der Waals surface area contributed by atoms with Crippen LogP contribution in [0.25, 0.3) is 5.57 Å². The zero-order valence-electron chi connectivity index (χ0n) is 19.1. The minimum absolute atomic E-state index is 0.174. The van der Waals surface area contributed by atoms with E-state index in [9.17, 15) is 9.59 Å². The summed E-state index contributed by atoms with van der Waals surface area (Å²) in [5, 5.41) is 0. The summed E-state index contributed by atoms with van der Waals surface area (Å²) in [6, 6.07) is 15.7. The van der Waals surface area contributed by atoms with Crippen molar-refractivity contribution in [3.63, 3.8) is 0 Å². The molecule has 2 heterocycles. The van der Waals surface area contributed by atoms with Crippen LogP contribution < -0.4 is 9.64 Å². The van der Waals surface area contributed by atoms with E-state index in [0.29, 0.717) is 24.4 Å². The zero-order chi connectivity index (χ0) is 22.5. The third-order valence-corrected chi connectivity index (χ3v) is 6.21. The van der Waals surface area contributed by atoms with Crippen LogP contribution in [0.3, 0.4) is 0 Å². The van der Waals surface area contributed by atoms with Crippen LogP contribution >= 0.6 is 0 Å². The van der Waals surface area contributed by atoms with Crippen molar-refractivity contribution in [2.24, 2.45) is 0 Å². The van der Waals surface area contributed by atoms with E-state index in [1.807, 2.05) is 43.3 Å². The summed E-state index contributed by atoms with van der Waals surface area (Å²) in [6.07, 6.45) is 6.03. The molecular formula is C27H32N2O3. The van der Waals surface area contributed by atoms with E-state index in [2.05, 4.69) is 24.0 Å². The number of anilines is 1. The number of para-hydroxylation sites is 1. The van der Waals surface area contributed by atoms with Crippen LogP contribution in [-0.4, -0.2) is 36.4 Å². The second kappa shape index (κ2) is 10.0. The topological polar surface area (TPSA) is 49.9 Å². The molecule has 0 unspecified atom stereocenters. The van der Waals surface area contributed by atoms with Crippen LogP contribution in [0, 0.1) is 0 Å². The van der Waals surface area contributed by atoms with Gasteiger partial charge in [0.25, 0.3) is 11.8 Å². The van der Waals surface area contributed by atoms with Crippen LogP contribution in [0.15, 0.2) is 54.2 Å². The molecule has 32 heavy (non-hydrogen) atoms. The third kappa shape index (κ3) is 4.29. The van der Waals surface area contributed by atoms with Crippen molar-refractivity contribution in [1.29, 1.82) is 0 Å². The molecule has 0 aromatic heterocycles. The smallest absolute Gasteiger partial charge is 0.278 e. The van der Waals surface area contributed by atoms with Gasteiger partial charge in [0.15, 0.2) is 0 Å². The fourth-order valence-corrected chi connectivity index (χ4v) is 4.62. The van der Waals surface area contributed by atoms with E-state index in [-0.39, 0.29) is 11.8 Å². The molecule has 4 rings (SSSR count). The van der Waals surface area contributed by atoms with Gasteiger partial charge in [0.05, 0.1) is 12.2 Å². The Morgan fingerprint density at radius 3 is 2.44 bits per heavy atom. The minimum atomic E-state index is -0.186. The number of amides is 2. The summed E-state index contributed by atoms with van der Waals surface area (Å²) >= 11 is 0. The van der Waals surface area contributed by atoms with Gasteiger partial charge >= 0.3 is 0 Å². The lowest BCUT2D eigenvalue weighted by Crippen LogP contribution is -2.37. The first-order valence-electron chi connectivity index (χ1n) is 11.8. The molecule has 0 saturated heterocycles. The first kappa shape index (κ1) is 22.1. The molecule has 0 radical (unpaired) electrons. The number of carbonyl (C=O) groups is 2. The van der Waals surface area contributed by atoms with Gasteiger partial charge in [0.1, 0.15) is 11.4 Å². The average molecular weight is 433 g/mol. The van der Waals surface area contributed by atoms with E-state index in [1.54, 1.807) is 0 Å². The largest absolute Gasteiger partial charge is 0.494 e. The lowest BCUT2D eigenvalue weighted by molar-refractivity contribution is -0.137. The molecule has 0 bridgehead atoms. The van der Waals surface area contributed by atoms with Crippen molar-refractivity contribution >= 4 is 23.1 Å². The molecule has 168 valence electrons. The highest BCUT2D eigenvalue weighted by Crippen LogP contribution is 2.38. The molecule has 2 aliphatic rings. The Morgan fingerprint density at radius 1 is 0.906 bits per heavy atom. The highest BCUT2D eigenvalue weighted by atomic mass is 16.5. The molecule has 0 saturated carbocycles. The SMILES string of the molecule is CCCCCCN1C(=O)C(c2ccc(OCC)cc2)=C(N2CCCc3ccccc32)C1=O. The maximum Gasteiger partial charge on any atom is 0.278 e. The summed E-state index contributed by atoms with van der Waals surface area (Å²) in [5.41, 5.74) is 4.04. The Morgan fingerprint density at radius 2 is 1.69 bits per heavy atom. The van der Waals surface area contributed by atoms with Crippen molar-refractivity contribution < 1.29 is 14.3 Å². The Kier molecular flexibility index (Phi) is 6.93. The number of carbonyl (C=O) groups excluding carboxylic acids is 2.